The Bertz CT molecular complexity index is 294. The van der Waals surface area contributed by atoms with Gasteiger partial charge in [0.1, 0.15) is 6.04 Å². The van der Waals surface area contributed by atoms with Gasteiger partial charge in [0.2, 0.25) is 0 Å². The van der Waals surface area contributed by atoms with Crippen LogP contribution in [0.25, 0.3) is 0 Å². The molecule has 0 bridgehead atoms. The van der Waals surface area contributed by atoms with Gasteiger partial charge in [-0.3, -0.25) is 14.9 Å². The van der Waals surface area contributed by atoms with Gasteiger partial charge in [0.25, 0.3) is 5.91 Å². The number of nitrogens with zero attached hydrogens (tertiary/aromatic N) is 2. The molecule has 0 fully saturated rings. The summed E-state index contributed by atoms with van der Waals surface area (Å²) >= 11 is 0. The van der Waals surface area contributed by atoms with Gasteiger partial charge in [-0.15, -0.1) is 0 Å². The molecule has 5 nitrogen and oxygen atoms in total. The molecule has 1 atom stereocenters. The van der Waals surface area contributed by atoms with Gasteiger partial charge >= 0.3 is 0 Å². The summed E-state index contributed by atoms with van der Waals surface area (Å²) in [7, 11) is 0. The normalized spacial score (nSPS) is 12.5. The molecule has 72 valence electrons. The molecule has 0 aliphatic heterocycles. The number of nitrogens with one attached hydrogen (secondary N) is 1. The van der Waals surface area contributed by atoms with Gasteiger partial charge in [-0.1, -0.05) is 6.92 Å². The van der Waals surface area contributed by atoms with Crippen molar-refractivity contribution in [3.8, 4) is 0 Å². The van der Waals surface area contributed by atoms with Crippen molar-refractivity contribution in [1.82, 2.24) is 15.2 Å². The topological polar surface area (TPSA) is 72.9 Å². The van der Waals surface area contributed by atoms with E-state index in [-0.39, 0.29) is 11.9 Å². The molecular weight excluding hydrogens is 168 g/mol. The maximum atomic E-state index is 11.3. The van der Waals surface area contributed by atoms with Crippen molar-refractivity contribution in [2.45, 2.75) is 26.3 Å². The predicted molar refractivity (Wildman–Crippen MR) is 48.6 cm³/mol. The minimum Gasteiger partial charge on any atom is -0.292 e. The van der Waals surface area contributed by atoms with Gasteiger partial charge in [0, 0.05) is 6.20 Å². The van der Waals surface area contributed by atoms with Crippen molar-refractivity contribution in [2.75, 3.05) is 0 Å². The van der Waals surface area contributed by atoms with Crippen LogP contribution in [-0.2, 0) is 4.79 Å². The van der Waals surface area contributed by atoms with E-state index in [9.17, 15) is 4.79 Å². The monoisotopic (exact) mass is 182 g/mol. The first-order valence-corrected chi connectivity index (χ1v) is 4.20. The number of aromatic nitrogens is 2. The average Bonchev–Trinajstić information content (AvgIpc) is 2.53. The zero-order valence-electron chi connectivity index (χ0n) is 7.82. The van der Waals surface area contributed by atoms with E-state index >= 15 is 0 Å². The van der Waals surface area contributed by atoms with E-state index < -0.39 is 0 Å². The van der Waals surface area contributed by atoms with Crippen LogP contribution in [-0.4, -0.2) is 15.7 Å². The van der Waals surface area contributed by atoms with Crippen LogP contribution < -0.4 is 11.3 Å². The molecule has 13 heavy (non-hydrogen) atoms. The second kappa shape index (κ2) is 4.04. The fourth-order valence-electron chi connectivity index (χ4n) is 1.19. The molecule has 0 saturated heterocycles. The third-order valence-electron chi connectivity index (χ3n) is 1.88. The Morgan fingerprint density at radius 2 is 2.54 bits per heavy atom. The van der Waals surface area contributed by atoms with Gasteiger partial charge in [0.05, 0.1) is 6.20 Å². The molecule has 5 heteroatoms. The summed E-state index contributed by atoms with van der Waals surface area (Å²) in [6, 6.07) is -0.307. The maximum Gasteiger partial charge on any atom is 0.258 e. The summed E-state index contributed by atoms with van der Waals surface area (Å²) in [5.41, 5.74) is 3.15. The van der Waals surface area contributed by atoms with E-state index in [2.05, 4.69) is 10.5 Å². The highest BCUT2D eigenvalue weighted by Gasteiger charge is 2.17. The Balaban J connectivity index is 2.84. The number of carbonyl (C=O) groups excluding carboxylic acids is 1. The fraction of sp³-hybridized carbons (Fsp3) is 0.500. The van der Waals surface area contributed by atoms with Crippen molar-refractivity contribution >= 4 is 5.91 Å². The lowest BCUT2D eigenvalue weighted by molar-refractivity contribution is -0.124. The van der Waals surface area contributed by atoms with Gasteiger partial charge in [-0.05, 0) is 18.9 Å². The van der Waals surface area contributed by atoms with Crippen LogP contribution in [0.4, 0.5) is 0 Å². The van der Waals surface area contributed by atoms with Crippen LogP contribution in [0.2, 0.25) is 0 Å². The molecule has 3 N–H and O–H groups in total. The van der Waals surface area contributed by atoms with Gasteiger partial charge < -0.3 is 0 Å². The predicted octanol–water partition coefficient (Wildman–Crippen LogP) is 0.133. The van der Waals surface area contributed by atoms with Crippen molar-refractivity contribution in [1.29, 1.82) is 0 Å². The summed E-state index contributed by atoms with van der Waals surface area (Å²) in [5, 5.41) is 4.06. The molecule has 0 aliphatic carbocycles. The largest absolute Gasteiger partial charge is 0.292 e. The summed E-state index contributed by atoms with van der Waals surface area (Å²) in [6.07, 6.45) is 4.21. The highest BCUT2D eigenvalue weighted by atomic mass is 16.2. The molecule has 1 rings (SSSR count). The van der Waals surface area contributed by atoms with Crippen molar-refractivity contribution in [2.24, 2.45) is 5.84 Å². The molecule has 1 heterocycles. The molecular formula is C8H14N4O. The molecule has 0 saturated carbocycles. The van der Waals surface area contributed by atoms with Crippen LogP contribution in [0.3, 0.4) is 0 Å². The Labute approximate surface area is 76.9 Å². The van der Waals surface area contributed by atoms with E-state index in [4.69, 9.17) is 5.84 Å². The van der Waals surface area contributed by atoms with Crippen molar-refractivity contribution in [3.05, 3.63) is 18.0 Å². The third kappa shape index (κ3) is 2.06. The second-order valence-electron chi connectivity index (χ2n) is 2.93. The van der Waals surface area contributed by atoms with Gasteiger partial charge in [-0.25, -0.2) is 5.84 Å². The number of aryl methyl sites for hydroxylation is 1. The average molecular weight is 182 g/mol. The molecule has 0 spiro atoms. The number of hydrogen-bond acceptors (Lipinski definition) is 3. The molecule has 0 aliphatic rings. The van der Waals surface area contributed by atoms with E-state index in [0.29, 0.717) is 6.42 Å². The van der Waals surface area contributed by atoms with Gasteiger partial charge in [-0.2, -0.15) is 5.10 Å². The first-order valence-electron chi connectivity index (χ1n) is 4.20. The van der Waals surface area contributed by atoms with Crippen LogP contribution >= 0.6 is 0 Å². The molecule has 1 aromatic rings. The van der Waals surface area contributed by atoms with E-state index in [1.165, 1.54) is 0 Å². The highest BCUT2D eigenvalue weighted by Crippen LogP contribution is 2.10. The summed E-state index contributed by atoms with van der Waals surface area (Å²) in [5.74, 6) is 4.83. The van der Waals surface area contributed by atoms with Crippen LogP contribution in [0.1, 0.15) is 24.9 Å². The number of hydrogen-bond donors (Lipinski definition) is 2. The lowest BCUT2D eigenvalue weighted by Crippen LogP contribution is -2.37. The van der Waals surface area contributed by atoms with E-state index in [0.717, 1.165) is 5.56 Å². The van der Waals surface area contributed by atoms with Gasteiger partial charge in [0.15, 0.2) is 0 Å². The first-order chi connectivity index (χ1) is 6.19. The number of rotatable bonds is 3. The zero-order chi connectivity index (χ0) is 9.84. The third-order valence-corrected chi connectivity index (χ3v) is 1.88. The van der Waals surface area contributed by atoms with Crippen molar-refractivity contribution in [3.63, 3.8) is 0 Å². The smallest absolute Gasteiger partial charge is 0.258 e. The van der Waals surface area contributed by atoms with Crippen molar-refractivity contribution < 1.29 is 4.79 Å². The first kappa shape index (κ1) is 9.73. The molecule has 0 aromatic carbocycles. The summed E-state index contributed by atoms with van der Waals surface area (Å²) in [4.78, 5) is 11.3. The Morgan fingerprint density at radius 3 is 2.92 bits per heavy atom. The molecule has 0 radical (unpaired) electrons. The van der Waals surface area contributed by atoms with Crippen LogP contribution in [0.5, 0.6) is 0 Å². The second-order valence-corrected chi connectivity index (χ2v) is 2.93. The summed E-state index contributed by atoms with van der Waals surface area (Å²) < 4.78 is 1.62. The maximum absolute atomic E-state index is 11.3. The minimum atomic E-state index is -0.307. The number of hydrazine groups is 1. The lowest BCUT2D eigenvalue weighted by atomic mass is 10.2. The number of nitrogens with two attached hydrogens (primary N) is 1. The van der Waals surface area contributed by atoms with Crippen LogP contribution in [0.15, 0.2) is 12.4 Å². The van der Waals surface area contributed by atoms with E-state index in [1.54, 1.807) is 10.9 Å². The van der Waals surface area contributed by atoms with Crippen LogP contribution in [0, 0.1) is 6.92 Å². The number of amides is 1. The Hall–Kier alpha value is -1.36. The van der Waals surface area contributed by atoms with E-state index in [1.807, 2.05) is 20.0 Å². The Kier molecular flexibility index (Phi) is 3.02. The highest BCUT2D eigenvalue weighted by molar-refractivity contribution is 5.79. The minimum absolute atomic E-state index is 0.217. The Morgan fingerprint density at radius 1 is 1.85 bits per heavy atom. The standard InChI is InChI=1S/C8H14N4O/c1-3-7(8(13)11-9)12-5-6(2)4-10-12/h4-5,7H,3,9H2,1-2H3,(H,11,13). The fourth-order valence-corrected chi connectivity index (χ4v) is 1.19. The SMILES string of the molecule is CCC(C(=O)NN)n1cc(C)cn1. The molecule has 1 aromatic heterocycles. The zero-order valence-corrected chi connectivity index (χ0v) is 7.82. The number of carbonyl (C=O) groups is 1. The lowest BCUT2D eigenvalue weighted by Gasteiger charge is -2.12. The quantitative estimate of drug-likeness (QED) is 0.396. The molecule has 1 unspecified atom stereocenters. The molecule has 1 amide bonds. The summed E-state index contributed by atoms with van der Waals surface area (Å²) in [6.45, 7) is 3.84.